The van der Waals surface area contributed by atoms with Crippen molar-refractivity contribution in [2.75, 3.05) is 23.9 Å². The fraction of sp³-hybridized carbons (Fsp3) is 0.227. The third kappa shape index (κ3) is 3.85. The Hall–Kier alpha value is -3.61. The van der Waals surface area contributed by atoms with Gasteiger partial charge in [0.1, 0.15) is 11.6 Å². The zero-order valence-corrected chi connectivity index (χ0v) is 16.3. The third-order valence-corrected chi connectivity index (χ3v) is 5.00. The van der Waals surface area contributed by atoms with Gasteiger partial charge in [-0.05, 0) is 36.4 Å². The highest BCUT2D eigenvalue weighted by molar-refractivity contribution is 5.96. The van der Waals surface area contributed by atoms with E-state index < -0.39 is 0 Å². The van der Waals surface area contributed by atoms with Gasteiger partial charge in [-0.25, -0.2) is 4.98 Å². The Morgan fingerprint density at radius 3 is 2.72 bits per heavy atom. The van der Waals surface area contributed by atoms with E-state index >= 15 is 0 Å². The Labute approximate surface area is 168 Å². The van der Waals surface area contributed by atoms with E-state index in [0.29, 0.717) is 13.0 Å². The van der Waals surface area contributed by atoms with E-state index in [1.807, 2.05) is 59.3 Å². The number of ether oxygens (including phenoxy) is 1. The molecule has 0 aliphatic carbocycles. The summed E-state index contributed by atoms with van der Waals surface area (Å²) in [4.78, 5) is 30.2. The molecule has 29 heavy (non-hydrogen) atoms. The maximum atomic E-state index is 12.7. The van der Waals surface area contributed by atoms with Gasteiger partial charge in [-0.2, -0.15) is 0 Å². The van der Waals surface area contributed by atoms with Crippen molar-refractivity contribution in [3.8, 4) is 17.1 Å². The Morgan fingerprint density at radius 1 is 1.21 bits per heavy atom. The van der Waals surface area contributed by atoms with Crippen molar-refractivity contribution in [3.05, 3.63) is 60.9 Å². The second-order valence-electron chi connectivity index (χ2n) is 6.98. The Balaban J connectivity index is 1.57. The van der Waals surface area contributed by atoms with E-state index in [2.05, 4.69) is 10.3 Å². The molecule has 1 aliphatic heterocycles. The first kappa shape index (κ1) is 18.7. The molecule has 0 spiro atoms. The molecule has 1 unspecified atom stereocenters. The van der Waals surface area contributed by atoms with Crippen LogP contribution in [0.15, 0.2) is 60.9 Å². The number of imidazole rings is 1. The summed E-state index contributed by atoms with van der Waals surface area (Å²) in [6.07, 6.45) is 4.06. The molecule has 1 fully saturated rings. The number of methoxy groups -OCH3 is 1. The summed E-state index contributed by atoms with van der Waals surface area (Å²) < 4.78 is 7.33. The molecule has 1 N–H and O–H groups in total. The predicted molar refractivity (Wildman–Crippen MR) is 111 cm³/mol. The quantitative estimate of drug-likeness (QED) is 0.723. The number of hydrogen-bond acceptors (Lipinski definition) is 4. The Bertz CT molecular complexity index is 1040. The average Bonchev–Trinajstić information content (AvgIpc) is 3.35. The summed E-state index contributed by atoms with van der Waals surface area (Å²) in [5, 5.41) is 2.76. The van der Waals surface area contributed by atoms with Gasteiger partial charge >= 0.3 is 0 Å². The molecule has 1 atom stereocenters. The topological polar surface area (TPSA) is 76.5 Å². The molecule has 1 aromatic heterocycles. The van der Waals surface area contributed by atoms with Gasteiger partial charge < -0.3 is 19.5 Å². The molecule has 2 amide bonds. The summed E-state index contributed by atoms with van der Waals surface area (Å²) in [5.41, 5.74) is 2.49. The molecule has 2 aromatic carbocycles. The summed E-state index contributed by atoms with van der Waals surface area (Å²) in [5.74, 6) is 1.48. The largest absolute Gasteiger partial charge is 0.497 e. The van der Waals surface area contributed by atoms with Crippen molar-refractivity contribution in [1.29, 1.82) is 0 Å². The van der Waals surface area contributed by atoms with Gasteiger partial charge in [0.05, 0.1) is 13.2 Å². The van der Waals surface area contributed by atoms with Crippen LogP contribution in [-0.2, 0) is 9.59 Å². The number of nitrogens with zero attached hydrogens (tertiary/aromatic N) is 3. The lowest BCUT2D eigenvalue weighted by molar-refractivity contribution is -0.117. The van der Waals surface area contributed by atoms with Gasteiger partial charge in [-0.1, -0.05) is 6.07 Å². The SMILES string of the molecule is COc1cccc(N2CC(n3ccnc3-c3ccc(NC(C)=O)cc3)CC2=O)c1. The highest BCUT2D eigenvalue weighted by Gasteiger charge is 2.33. The van der Waals surface area contributed by atoms with Gasteiger partial charge in [-0.15, -0.1) is 0 Å². The standard InChI is InChI=1S/C22H22N4O3/c1-15(27)24-17-8-6-16(7-9-17)22-23-10-11-25(22)19-13-21(28)26(14-19)18-4-3-5-20(12-18)29-2/h3-12,19H,13-14H2,1-2H3,(H,24,27). The molecule has 7 heteroatoms. The van der Waals surface area contributed by atoms with E-state index in [1.54, 1.807) is 18.2 Å². The van der Waals surface area contributed by atoms with Crippen molar-refractivity contribution in [2.45, 2.75) is 19.4 Å². The molecule has 1 saturated heterocycles. The maximum Gasteiger partial charge on any atom is 0.229 e. The van der Waals surface area contributed by atoms with Crippen molar-refractivity contribution in [3.63, 3.8) is 0 Å². The molecule has 3 aromatic rings. The minimum Gasteiger partial charge on any atom is -0.497 e. The number of rotatable bonds is 5. The minimum atomic E-state index is -0.110. The number of hydrogen-bond donors (Lipinski definition) is 1. The van der Waals surface area contributed by atoms with Gasteiger partial charge in [0.25, 0.3) is 0 Å². The van der Waals surface area contributed by atoms with Gasteiger partial charge in [0.2, 0.25) is 11.8 Å². The van der Waals surface area contributed by atoms with Crippen molar-refractivity contribution in [1.82, 2.24) is 9.55 Å². The summed E-state index contributed by atoms with van der Waals surface area (Å²) in [7, 11) is 1.61. The second-order valence-corrected chi connectivity index (χ2v) is 6.98. The third-order valence-electron chi connectivity index (χ3n) is 5.00. The first-order valence-corrected chi connectivity index (χ1v) is 9.40. The van der Waals surface area contributed by atoms with Crippen LogP contribution in [0.5, 0.6) is 5.75 Å². The van der Waals surface area contributed by atoms with Crippen LogP contribution in [0.25, 0.3) is 11.4 Å². The first-order valence-electron chi connectivity index (χ1n) is 9.40. The molecule has 2 heterocycles. The van der Waals surface area contributed by atoms with E-state index in [9.17, 15) is 9.59 Å². The van der Waals surface area contributed by atoms with Crippen LogP contribution in [0.1, 0.15) is 19.4 Å². The number of carbonyl (C=O) groups is 2. The Kier molecular flexibility index (Phi) is 5.03. The van der Waals surface area contributed by atoms with E-state index in [0.717, 1.165) is 28.5 Å². The summed E-state index contributed by atoms with van der Waals surface area (Å²) in [6.45, 7) is 2.05. The number of anilines is 2. The molecule has 0 radical (unpaired) electrons. The lowest BCUT2D eigenvalue weighted by atomic mass is 10.1. The summed E-state index contributed by atoms with van der Waals surface area (Å²) >= 11 is 0. The number of amides is 2. The van der Waals surface area contributed by atoms with Gasteiger partial charge in [0, 0.05) is 55.3 Å². The number of nitrogens with one attached hydrogen (secondary N) is 1. The monoisotopic (exact) mass is 390 g/mol. The van der Waals surface area contributed by atoms with Crippen LogP contribution >= 0.6 is 0 Å². The molecule has 7 nitrogen and oxygen atoms in total. The molecule has 0 saturated carbocycles. The lowest BCUT2D eigenvalue weighted by Crippen LogP contribution is -2.24. The first-order chi connectivity index (χ1) is 14.0. The van der Waals surface area contributed by atoms with Crippen LogP contribution in [0, 0.1) is 0 Å². The van der Waals surface area contributed by atoms with Crippen LogP contribution < -0.4 is 15.0 Å². The van der Waals surface area contributed by atoms with Crippen LogP contribution in [0.3, 0.4) is 0 Å². The fourth-order valence-electron chi connectivity index (χ4n) is 3.64. The van der Waals surface area contributed by atoms with Gasteiger partial charge in [0.15, 0.2) is 0 Å². The zero-order chi connectivity index (χ0) is 20.4. The van der Waals surface area contributed by atoms with Crippen molar-refractivity contribution in [2.24, 2.45) is 0 Å². The molecule has 1 aliphatic rings. The summed E-state index contributed by atoms with van der Waals surface area (Å²) in [6, 6.07) is 15.0. The Morgan fingerprint density at radius 2 is 2.00 bits per heavy atom. The number of carbonyl (C=O) groups excluding carboxylic acids is 2. The zero-order valence-electron chi connectivity index (χ0n) is 16.3. The molecule has 4 rings (SSSR count). The average molecular weight is 390 g/mol. The molecular formula is C22H22N4O3. The lowest BCUT2D eigenvalue weighted by Gasteiger charge is -2.19. The maximum absolute atomic E-state index is 12.7. The minimum absolute atomic E-state index is 0.0128. The highest BCUT2D eigenvalue weighted by atomic mass is 16.5. The molecule has 0 bridgehead atoms. The molecular weight excluding hydrogens is 368 g/mol. The van der Waals surface area contributed by atoms with Crippen LogP contribution in [-0.4, -0.2) is 35.0 Å². The van der Waals surface area contributed by atoms with Crippen LogP contribution in [0.4, 0.5) is 11.4 Å². The van der Waals surface area contributed by atoms with Crippen molar-refractivity contribution >= 4 is 23.2 Å². The highest BCUT2D eigenvalue weighted by Crippen LogP contribution is 2.32. The number of aromatic nitrogens is 2. The van der Waals surface area contributed by atoms with E-state index in [-0.39, 0.29) is 17.9 Å². The van der Waals surface area contributed by atoms with Gasteiger partial charge in [-0.3, -0.25) is 9.59 Å². The van der Waals surface area contributed by atoms with E-state index in [4.69, 9.17) is 4.74 Å². The fourth-order valence-corrected chi connectivity index (χ4v) is 3.64. The molecule has 148 valence electrons. The number of benzene rings is 2. The van der Waals surface area contributed by atoms with Crippen LogP contribution in [0.2, 0.25) is 0 Å². The van der Waals surface area contributed by atoms with E-state index in [1.165, 1.54) is 6.92 Å². The second kappa shape index (κ2) is 7.79. The predicted octanol–water partition coefficient (Wildman–Crippen LogP) is 3.50. The normalized spacial score (nSPS) is 16.1. The smallest absolute Gasteiger partial charge is 0.229 e. The van der Waals surface area contributed by atoms with Crippen molar-refractivity contribution < 1.29 is 14.3 Å².